The summed E-state index contributed by atoms with van der Waals surface area (Å²) in [5, 5.41) is 11.0. The van der Waals surface area contributed by atoms with Gasteiger partial charge in [-0.05, 0) is 51.7 Å². The molecule has 0 unspecified atom stereocenters. The van der Waals surface area contributed by atoms with Crippen LogP contribution in [-0.2, 0) is 19.1 Å². The largest absolute Gasteiger partial charge is 0.507 e. The molecule has 2 rings (SSSR count). The molecular formula is C21H29NO6S. The van der Waals surface area contributed by atoms with Crippen molar-refractivity contribution >= 4 is 28.7 Å². The summed E-state index contributed by atoms with van der Waals surface area (Å²) in [4.78, 5) is 27.3. The Morgan fingerprint density at radius 2 is 1.90 bits per heavy atom. The van der Waals surface area contributed by atoms with Crippen LogP contribution in [0.5, 0.6) is 11.5 Å². The quantitative estimate of drug-likeness (QED) is 0.428. The first-order chi connectivity index (χ1) is 13.9. The molecule has 0 fully saturated rings. The molecule has 29 heavy (non-hydrogen) atoms. The van der Waals surface area contributed by atoms with Gasteiger partial charge in [-0.25, -0.2) is 4.79 Å². The number of phenols is 1. The number of phenolic OH excluding ortho intramolecular Hbond substituents is 1. The lowest BCUT2D eigenvalue weighted by atomic mass is 10.1. The van der Waals surface area contributed by atoms with Gasteiger partial charge in [0.25, 0.3) is 0 Å². The van der Waals surface area contributed by atoms with Crippen molar-refractivity contribution in [2.45, 2.75) is 52.0 Å². The Kier molecular flexibility index (Phi) is 8.82. The molecule has 8 heteroatoms. The Labute approximate surface area is 175 Å². The van der Waals surface area contributed by atoms with Crippen LogP contribution in [0.4, 0.5) is 0 Å². The summed E-state index contributed by atoms with van der Waals surface area (Å²) < 4.78 is 15.7. The van der Waals surface area contributed by atoms with E-state index in [1.54, 1.807) is 32.0 Å². The Balaban J connectivity index is 1.82. The van der Waals surface area contributed by atoms with Crippen molar-refractivity contribution < 1.29 is 28.9 Å². The maximum atomic E-state index is 12.1. The van der Waals surface area contributed by atoms with Gasteiger partial charge in [-0.15, -0.1) is 11.8 Å². The molecule has 1 atom stereocenters. The van der Waals surface area contributed by atoms with Crippen LogP contribution < -0.4 is 4.74 Å². The molecule has 0 amide bonds. The molecule has 0 spiro atoms. The fourth-order valence-corrected chi connectivity index (χ4v) is 3.97. The second kappa shape index (κ2) is 11.1. The van der Waals surface area contributed by atoms with Gasteiger partial charge >= 0.3 is 11.9 Å². The van der Waals surface area contributed by atoms with E-state index in [0.29, 0.717) is 41.9 Å². The number of hydrogen-bond donors (Lipinski definition) is 1. The minimum absolute atomic E-state index is 0.0724. The fraction of sp³-hybridized carbons (Fsp3) is 0.571. The zero-order chi connectivity index (χ0) is 21.3. The zero-order valence-corrected chi connectivity index (χ0v) is 18.0. The van der Waals surface area contributed by atoms with Gasteiger partial charge in [0.15, 0.2) is 5.54 Å². The molecule has 0 aliphatic carbocycles. The summed E-state index contributed by atoms with van der Waals surface area (Å²) in [5.74, 6) is 0.543. The highest BCUT2D eigenvalue weighted by atomic mass is 32.2. The highest BCUT2D eigenvalue weighted by Gasteiger charge is 2.40. The van der Waals surface area contributed by atoms with Crippen molar-refractivity contribution in [1.82, 2.24) is 0 Å². The third kappa shape index (κ3) is 6.96. The molecule has 1 aliphatic rings. The molecule has 160 valence electrons. The van der Waals surface area contributed by atoms with Gasteiger partial charge in [0.2, 0.25) is 0 Å². The number of ether oxygens (including phenoxy) is 3. The maximum absolute atomic E-state index is 12.1. The van der Waals surface area contributed by atoms with E-state index in [0.717, 1.165) is 25.7 Å². The summed E-state index contributed by atoms with van der Waals surface area (Å²) in [5.41, 5.74) is -0.339. The number of benzene rings is 1. The van der Waals surface area contributed by atoms with E-state index in [4.69, 9.17) is 14.2 Å². The summed E-state index contributed by atoms with van der Waals surface area (Å²) >= 11 is 1.43. The van der Waals surface area contributed by atoms with Crippen LogP contribution in [0.1, 0.15) is 52.0 Å². The van der Waals surface area contributed by atoms with Gasteiger partial charge in [-0.2, -0.15) is 0 Å². The number of nitrogens with zero attached hydrogens (tertiary/aromatic N) is 1. The van der Waals surface area contributed by atoms with Gasteiger partial charge in [-0.1, -0.05) is 0 Å². The van der Waals surface area contributed by atoms with Gasteiger partial charge in [0, 0.05) is 24.3 Å². The van der Waals surface area contributed by atoms with Gasteiger partial charge in [0.1, 0.15) is 16.5 Å². The summed E-state index contributed by atoms with van der Waals surface area (Å²) in [6.07, 6.45) is 3.67. The van der Waals surface area contributed by atoms with Crippen molar-refractivity contribution in [1.29, 1.82) is 0 Å². The normalized spacial score (nSPS) is 18.2. The van der Waals surface area contributed by atoms with E-state index < -0.39 is 5.54 Å². The molecule has 0 saturated carbocycles. The maximum Gasteiger partial charge on any atom is 0.334 e. The predicted molar refractivity (Wildman–Crippen MR) is 113 cm³/mol. The minimum atomic E-state index is -0.924. The van der Waals surface area contributed by atoms with E-state index in [1.165, 1.54) is 18.7 Å². The van der Waals surface area contributed by atoms with Crippen molar-refractivity contribution in [3.63, 3.8) is 0 Å². The highest BCUT2D eigenvalue weighted by molar-refractivity contribution is 8.14. The number of thioether (sulfide) groups is 1. The average molecular weight is 424 g/mol. The molecule has 1 aromatic rings. The van der Waals surface area contributed by atoms with Crippen LogP contribution >= 0.6 is 11.8 Å². The second-order valence-electron chi connectivity index (χ2n) is 6.98. The number of rotatable bonds is 11. The van der Waals surface area contributed by atoms with Gasteiger partial charge in [-0.3, -0.25) is 9.79 Å². The fourth-order valence-electron chi connectivity index (χ4n) is 2.77. The van der Waals surface area contributed by atoms with Crippen LogP contribution in [0, 0.1) is 0 Å². The number of carbonyl (C=O) groups is 2. The first-order valence-electron chi connectivity index (χ1n) is 9.85. The van der Waals surface area contributed by atoms with E-state index in [2.05, 4.69) is 4.99 Å². The monoisotopic (exact) mass is 423 g/mol. The Hall–Kier alpha value is -2.22. The van der Waals surface area contributed by atoms with Crippen LogP contribution in [0.2, 0.25) is 0 Å². The van der Waals surface area contributed by atoms with E-state index in [-0.39, 0.29) is 17.7 Å². The smallest absolute Gasteiger partial charge is 0.334 e. The lowest BCUT2D eigenvalue weighted by molar-refractivity contribution is -0.147. The second-order valence-corrected chi connectivity index (χ2v) is 7.95. The highest BCUT2D eigenvalue weighted by Crippen LogP contribution is 2.36. The van der Waals surface area contributed by atoms with E-state index in [9.17, 15) is 14.7 Å². The molecule has 7 nitrogen and oxygen atoms in total. The molecule has 0 aromatic heterocycles. The molecule has 0 radical (unpaired) electrons. The molecule has 1 N–H and O–H groups in total. The van der Waals surface area contributed by atoms with E-state index >= 15 is 0 Å². The summed E-state index contributed by atoms with van der Waals surface area (Å²) in [6, 6.07) is 5.12. The van der Waals surface area contributed by atoms with Crippen molar-refractivity contribution in [2.24, 2.45) is 4.99 Å². The number of aliphatic imine (C=N–C) groups is 1. The first kappa shape index (κ1) is 23.1. The first-order valence-corrected chi connectivity index (χ1v) is 10.8. The average Bonchev–Trinajstić information content (AvgIpc) is 3.07. The van der Waals surface area contributed by atoms with Crippen molar-refractivity contribution in [2.75, 3.05) is 25.6 Å². The SMILES string of the molecule is CCOC(=O)[C@@]1(C)CSC(c2ccc(OCCCCCCOC(C)=O)cc2O)=N1. The Morgan fingerprint density at radius 1 is 1.17 bits per heavy atom. The standard InChI is InChI=1S/C21H29NO6S/c1-4-26-20(25)21(3)14-29-19(22-21)17-10-9-16(13-18(17)24)28-12-8-6-5-7-11-27-15(2)23/h9-10,13,24H,4-8,11-12,14H2,1-3H3/t21-/m1/s1. The Bertz CT molecular complexity index is 751. The molecule has 0 bridgehead atoms. The van der Waals surface area contributed by atoms with Crippen molar-refractivity contribution in [3.05, 3.63) is 23.8 Å². The van der Waals surface area contributed by atoms with E-state index in [1.807, 2.05) is 0 Å². The Morgan fingerprint density at radius 3 is 2.55 bits per heavy atom. The van der Waals surface area contributed by atoms with Crippen LogP contribution in [-0.4, -0.2) is 53.2 Å². The predicted octanol–water partition coefficient (Wildman–Crippen LogP) is 3.71. The topological polar surface area (TPSA) is 94.4 Å². The van der Waals surface area contributed by atoms with Gasteiger partial charge < -0.3 is 19.3 Å². The molecule has 1 aliphatic heterocycles. The number of hydrogen-bond acceptors (Lipinski definition) is 8. The van der Waals surface area contributed by atoms with Gasteiger partial charge in [0.05, 0.1) is 19.8 Å². The molecule has 1 heterocycles. The number of esters is 2. The van der Waals surface area contributed by atoms with Crippen LogP contribution in [0.3, 0.4) is 0 Å². The number of aromatic hydroxyl groups is 1. The van der Waals surface area contributed by atoms with Crippen LogP contribution in [0.15, 0.2) is 23.2 Å². The summed E-state index contributed by atoms with van der Waals surface area (Å²) in [7, 11) is 0. The molecule has 0 saturated heterocycles. The number of unbranched alkanes of at least 4 members (excludes halogenated alkanes) is 3. The zero-order valence-electron chi connectivity index (χ0n) is 17.2. The third-order valence-electron chi connectivity index (χ3n) is 4.37. The lowest BCUT2D eigenvalue weighted by Crippen LogP contribution is -2.35. The van der Waals surface area contributed by atoms with Crippen LogP contribution in [0.25, 0.3) is 0 Å². The summed E-state index contributed by atoms with van der Waals surface area (Å²) in [6.45, 7) is 6.23. The lowest BCUT2D eigenvalue weighted by Gasteiger charge is -2.16. The number of carbonyl (C=O) groups excluding carboxylic acids is 2. The van der Waals surface area contributed by atoms with Crippen molar-refractivity contribution in [3.8, 4) is 11.5 Å². The molecular weight excluding hydrogens is 394 g/mol. The minimum Gasteiger partial charge on any atom is -0.507 e. The molecule has 1 aromatic carbocycles. The third-order valence-corrected chi connectivity index (χ3v) is 5.66.